The summed E-state index contributed by atoms with van der Waals surface area (Å²) in [7, 11) is 1.58. The summed E-state index contributed by atoms with van der Waals surface area (Å²) >= 11 is 0. The molecule has 1 unspecified atom stereocenters. The van der Waals surface area contributed by atoms with Crippen molar-refractivity contribution in [3.8, 4) is 0 Å². The molecule has 104 valence electrons. The lowest BCUT2D eigenvalue weighted by atomic mass is 9.72. The lowest BCUT2D eigenvalue weighted by Gasteiger charge is -2.38. The highest BCUT2D eigenvalue weighted by molar-refractivity contribution is 5.83. The molecule has 1 aromatic rings. The normalized spacial score (nSPS) is 26.6. The van der Waals surface area contributed by atoms with Gasteiger partial charge in [-0.2, -0.15) is 0 Å². The number of hydrogen-bond donors (Lipinski definition) is 1. The van der Waals surface area contributed by atoms with Crippen molar-refractivity contribution < 1.29 is 9.53 Å². The minimum Gasteiger partial charge on any atom is -0.368 e. The highest BCUT2D eigenvalue weighted by atomic mass is 16.5. The van der Waals surface area contributed by atoms with Gasteiger partial charge >= 0.3 is 0 Å². The van der Waals surface area contributed by atoms with Crippen LogP contribution in [0.1, 0.15) is 44.1 Å². The summed E-state index contributed by atoms with van der Waals surface area (Å²) < 4.78 is 5.41. The van der Waals surface area contributed by atoms with Crippen LogP contribution in [0.5, 0.6) is 0 Å². The van der Waals surface area contributed by atoms with Crippen molar-refractivity contribution in [3.05, 3.63) is 35.9 Å². The molecule has 1 amide bonds. The fraction of sp³-hybridized carbons (Fsp3) is 0.562. The first kappa shape index (κ1) is 14.1. The quantitative estimate of drug-likeness (QED) is 0.906. The zero-order chi connectivity index (χ0) is 13.9. The van der Waals surface area contributed by atoms with E-state index >= 15 is 0 Å². The van der Waals surface area contributed by atoms with E-state index in [0.717, 1.165) is 25.7 Å². The van der Waals surface area contributed by atoms with Crippen molar-refractivity contribution in [1.29, 1.82) is 0 Å². The molecule has 3 nitrogen and oxygen atoms in total. The van der Waals surface area contributed by atoms with Crippen molar-refractivity contribution in [2.75, 3.05) is 7.11 Å². The predicted octanol–water partition coefficient (Wildman–Crippen LogP) is 2.85. The minimum atomic E-state index is -0.818. The number of carbonyl (C=O) groups excluding carboxylic acids is 1. The standard InChI is InChI=1S/C16H23NO2/c1-16(19-2,15(17)18)14-10-8-13(9-11-14)12-6-4-3-5-7-12/h3-7,13-14H,8-11H2,1-2H3,(H2,17,18). The number of amides is 1. The number of nitrogens with two attached hydrogens (primary N) is 1. The van der Waals surface area contributed by atoms with E-state index < -0.39 is 5.60 Å². The molecule has 0 heterocycles. The van der Waals surface area contributed by atoms with E-state index in [-0.39, 0.29) is 11.8 Å². The monoisotopic (exact) mass is 261 g/mol. The van der Waals surface area contributed by atoms with Crippen LogP contribution in [0.25, 0.3) is 0 Å². The molecule has 0 spiro atoms. The summed E-state index contributed by atoms with van der Waals surface area (Å²) in [6, 6.07) is 10.6. The average Bonchev–Trinajstić information content (AvgIpc) is 2.47. The van der Waals surface area contributed by atoms with Gasteiger partial charge in [0.2, 0.25) is 5.91 Å². The molecule has 1 fully saturated rings. The summed E-state index contributed by atoms with van der Waals surface area (Å²) in [5.74, 6) is 0.486. The predicted molar refractivity (Wildman–Crippen MR) is 75.7 cm³/mol. The molecule has 0 radical (unpaired) electrons. The summed E-state index contributed by atoms with van der Waals surface area (Å²) in [5.41, 5.74) is 6.08. The van der Waals surface area contributed by atoms with E-state index in [1.165, 1.54) is 5.56 Å². The highest BCUT2D eigenvalue weighted by Crippen LogP contribution is 2.41. The summed E-state index contributed by atoms with van der Waals surface area (Å²) in [5, 5.41) is 0. The van der Waals surface area contributed by atoms with Crippen LogP contribution in [0.3, 0.4) is 0 Å². The van der Waals surface area contributed by atoms with Crippen molar-refractivity contribution >= 4 is 5.91 Å². The topological polar surface area (TPSA) is 52.3 Å². The second-order valence-corrected chi connectivity index (χ2v) is 5.63. The molecule has 1 atom stereocenters. The zero-order valence-electron chi connectivity index (χ0n) is 11.8. The van der Waals surface area contributed by atoms with Crippen LogP contribution in [0, 0.1) is 5.92 Å². The Bertz CT molecular complexity index is 424. The summed E-state index contributed by atoms with van der Waals surface area (Å²) in [4.78, 5) is 11.6. The van der Waals surface area contributed by atoms with E-state index in [0.29, 0.717) is 5.92 Å². The van der Waals surface area contributed by atoms with Crippen LogP contribution in [-0.4, -0.2) is 18.6 Å². The number of rotatable bonds is 4. The molecule has 19 heavy (non-hydrogen) atoms. The van der Waals surface area contributed by atoms with Gasteiger partial charge in [0.25, 0.3) is 0 Å². The largest absolute Gasteiger partial charge is 0.368 e. The van der Waals surface area contributed by atoms with Crippen molar-refractivity contribution in [3.63, 3.8) is 0 Å². The molecule has 0 aliphatic heterocycles. The lowest BCUT2D eigenvalue weighted by Crippen LogP contribution is -2.49. The molecule has 0 bridgehead atoms. The van der Waals surface area contributed by atoms with Gasteiger partial charge in [0.1, 0.15) is 5.60 Å². The van der Waals surface area contributed by atoms with E-state index in [1.807, 2.05) is 13.0 Å². The van der Waals surface area contributed by atoms with E-state index in [2.05, 4.69) is 24.3 Å². The van der Waals surface area contributed by atoms with Gasteiger partial charge < -0.3 is 10.5 Å². The van der Waals surface area contributed by atoms with Crippen LogP contribution in [-0.2, 0) is 9.53 Å². The second kappa shape index (κ2) is 5.74. The van der Waals surface area contributed by atoms with E-state index in [4.69, 9.17) is 10.5 Å². The zero-order valence-corrected chi connectivity index (χ0v) is 11.8. The first-order valence-corrected chi connectivity index (χ1v) is 6.98. The Morgan fingerprint density at radius 3 is 2.26 bits per heavy atom. The number of hydrogen-bond acceptors (Lipinski definition) is 2. The lowest BCUT2D eigenvalue weighted by molar-refractivity contribution is -0.146. The SMILES string of the molecule is COC(C)(C(N)=O)C1CCC(c2ccccc2)CC1. The van der Waals surface area contributed by atoms with Crippen molar-refractivity contribution in [2.24, 2.45) is 11.7 Å². The number of methoxy groups -OCH3 is 1. The Balaban J connectivity index is 2.01. The van der Waals surface area contributed by atoms with Crippen LogP contribution in [0.2, 0.25) is 0 Å². The summed E-state index contributed by atoms with van der Waals surface area (Å²) in [6.45, 7) is 1.82. The third kappa shape index (κ3) is 2.81. The Hall–Kier alpha value is -1.35. The van der Waals surface area contributed by atoms with E-state index in [1.54, 1.807) is 7.11 Å². The molecule has 1 aromatic carbocycles. The smallest absolute Gasteiger partial charge is 0.249 e. The van der Waals surface area contributed by atoms with Crippen molar-refractivity contribution in [1.82, 2.24) is 0 Å². The van der Waals surface area contributed by atoms with Crippen molar-refractivity contribution in [2.45, 2.75) is 44.1 Å². The van der Waals surface area contributed by atoms with Crippen LogP contribution >= 0.6 is 0 Å². The van der Waals surface area contributed by atoms with Gasteiger partial charge in [0, 0.05) is 7.11 Å². The average molecular weight is 261 g/mol. The fourth-order valence-electron chi connectivity index (χ4n) is 3.17. The molecule has 2 N–H and O–H groups in total. The van der Waals surface area contributed by atoms with Gasteiger partial charge in [-0.05, 0) is 50.0 Å². The van der Waals surface area contributed by atoms with Crippen LogP contribution in [0.4, 0.5) is 0 Å². The molecule has 1 saturated carbocycles. The Morgan fingerprint density at radius 2 is 1.79 bits per heavy atom. The number of ether oxygens (including phenoxy) is 1. The molecule has 1 aliphatic rings. The Labute approximate surface area is 115 Å². The maximum Gasteiger partial charge on any atom is 0.249 e. The molecular formula is C16H23NO2. The number of benzene rings is 1. The van der Waals surface area contributed by atoms with Gasteiger partial charge in [0.15, 0.2) is 0 Å². The number of carbonyl (C=O) groups is 1. The van der Waals surface area contributed by atoms with Gasteiger partial charge in [0.05, 0.1) is 0 Å². The first-order valence-electron chi connectivity index (χ1n) is 6.98. The Morgan fingerprint density at radius 1 is 1.21 bits per heavy atom. The third-order valence-corrected chi connectivity index (χ3v) is 4.69. The van der Waals surface area contributed by atoms with Gasteiger partial charge in [-0.15, -0.1) is 0 Å². The van der Waals surface area contributed by atoms with Gasteiger partial charge in [-0.25, -0.2) is 0 Å². The van der Waals surface area contributed by atoms with Gasteiger partial charge in [-0.1, -0.05) is 30.3 Å². The molecule has 2 rings (SSSR count). The molecule has 3 heteroatoms. The second-order valence-electron chi connectivity index (χ2n) is 5.63. The first-order chi connectivity index (χ1) is 9.08. The Kier molecular flexibility index (Phi) is 4.25. The molecular weight excluding hydrogens is 238 g/mol. The molecule has 0 aromatic heterocycles. The maximum absolute atomic E-state index is 11.6. The van der Waals surface area contributed by atoms with E-state index in [9.17, 15) is 4.79 Å². The van der Waals surface area contributed by atoms with Crippen LogP contribution < -0.4 is 5.73 Å². The minimum absolute atomic E-state index is 0.231. The highest BCUT2D eigenvalue weighted by Gasteiger charge is 2.41. The van der Waals surface area contributed by atoms with Gasteiger partial charge in [-0.3, -0.25) is 4.79 Å². The fourth-order valence-corrected chi connectivity index (χ4v) is 3.17. The molecule has 0 saturated heterocycles. The third-order valence-electron chi connectivity index (χ3n) is 4.69. The van der Waals surface area contributed by atoms with Crippen LogP contribution in [0.15, 0.2) is 30.3 Å². The summed E-state index contributed by atoms with van der Waals surface area (Å²) in [6.07, 6.45) is 4.18. The maximum atomic E-state index is 11.6. The number of primary amides is 1. The molecule has 1 aliphatic carbocycles.